The van der Waals surface area contributed by atoms with Gasteiger partial charge in [-0.25, -0.2) is 0 Å². The molecule has 1 aromatic heterocycles. The highest BCUT2D eigenvalue weighted by atomic mass is 16.2. The first kappa shape index (κ1) is 17.5. The highest BCUT2D eigenvalue weighted by Crippen LogP contribution is 2.45. The van der Waals surface area contributed by atoms with Gasteiger partial charge in [-0.2, -0.15) is 5.10 Å². The molecule has 0 saturated heterocycles. The van der Waals surface area contributed by atoms with Crippen molar-refractivity contribution in [1.29, 1.82) is 0 Å². The maximum Gasteiger partial charge on any atom is 0.273 e. The van der Waals surface area contributed by atoms with E-state index in [0.29, 0.717) is 11.6 Å². The van der Waals surface area contributed by atoms with Crippen molar-refractivity contribution in [2.75, 3.05) is 0 Å². The molecular formula is C24H27N3O. The second kappa shape index (κ2) is 7.08. The van der Waals surface area contributed by atoms with Crippen LogP contribution in [0.1, 0.15) is 61.0 Å². The van der Waals surface area contributed by atoms with Gasteiger partial charge >= 0.3 is 0 Å². The Labute approximate surface area is 165 Å². The van der Waals surface area contributed by atoms with Gasteiger partial charge in [-0.05, 0) is 43.2 Å². The quantitative estimate of drug-likeness (QED) is 0.681. The van der Waals surface area contributed by atoms with Crippen LogP contribution in [0.4, 0.5) is 0 Å². The molecule has 2 aliphatic carbocycles. The molecule has 1 heterocycles. The Kier molecular flexibility index (Phi) is 4.42. The predicted molar refractivity (Wildman–Crippen MR) is 111 cm³/mol. The normalized spacial score (nSPS) is 18.9. The number of fused-ring (bicyclic) bond motifs is 1. The molecule has 0 aliphatic heterocycles. The highest BCUT2D eigenvalue weighted by Gasteiger charge is 2.46. The molecule has 5 rings (SSSR count). The first-order chi connectivity index (χ1) is 13.8. The van der Waals surface area contributed by atoms with E-state index >= 15 is 0 Å². The number of hydrogen-bond donors (Lipinski definition) is 1. The Bertz CT molecular complexity index is 982. The number of amides is 1. The summed E-state index contributed by atoms with van der Waals surface area (Å²) in [4.78, 5) is 13.2. The molecule has 0 atom stereocenters. The van der Waals surface area contributed by atoms with Crippen LogP contribution in [0.3, 0.4) is 0 Å². The maximum atomic E-state index is 13.2. The molecule has 2 saturated carbocycles. The Morgan fingerprint density at radius 2 is 1.71 bits per heavy atom. The second-order valence-electron chi connectivity index (χ2n) is 8.45. The summed E-state index contributed by atoms with van der Waals surface area (Å²) in [5, 5.41) is 9.05. The molecule has 28 heavy (non-hydrogen) atoms. The van der Waals surface area contributed by atoms with Crippen LogP contribution in [0, 0.1) is 5.92 Å². The van der Waals surface area contributed by atoms with Crippen molar-refractivity contribution in [2.45, 2.75) is 57.0 Å². The van der Waals surface area contributed by atoms with Gasteiger partial charge in [0.15, 0.2) is 5.69 Å². The van der Waals surface area contributed by atoms with Crippen molar-refractivity contribution in [2.24, 2.45) is 5.92 Å². The number of aromatic nitrogens is 2. The summed E-state index contributed by atoms with van der Waals surface area (Å²) in [5.74, 6) is 0.618. The van der Waals surface area contributed by atoms with Gasteiger partial charge in [-0.15, -0.1) is 0 Å². The van der Waals surface area contributed by atoms with Crippen molar-refractivity contribution in [1.82, 2.24) is 15.1 Å². The fourth-order valence-corrected chi connectivity index (χ4v) is 4.69. The smallest absolute Gasteiger partial charge is 0.273 e. The summed E-state index contributed by atoms with van der Waals surface area (Å²) in [5.41, 5.74) is 2.61. The minimum atomic E-state index is -0.216. The van der Waals surface area contributed by atoms with E-state index < -0.39 is 0 Å². The van der Waals surface area contributed by atoms with Crippen LogP contribution in [-0.4, -0.2) is 15.7 Å². The van der Waals surface area contributed by atoms with Gasteiger partial charge in [-0.3, -0.25) is 9.48 Å². The van der Waals surface area contributed by atoms with E-state index in [-0.39, 0.29) is 11.4 Å². The first-order valence-electron chi connectivity index (χ1n) is 10.6. The van der Waals surface area contributed by atoms with E-state index in [2.05, 4.69) is 28.2 Å². The van der Waals surface area contributed by atoms with Crippen LogP contribution < -0.4 is 5.32 Å². The molecule has 2 aromatic carbocycles. The third-order valence-electron chi connectivity index (χ3n) is 6.46. The van der Waals surface area contributed by atoms with Crippen molar-refractivity contribution in [3.05, 3.63) is 65.9 Å². The summed E-state index contributed by atoms with van der Waals surface area (Å²) < 4.78 is 2.07. The minimum absolute atomic E-state index is 0.0556. The lowest BCUT2D eigenvalue weighted by Gasteiger charge is -2.21. The van der Waals surface area contributed by atoms with Crippen molar-refractivity contribution >= 4 is 16.8 Å². The third kappa shape index (κ3) is 3.21. The molecule has 3 aromatic rings. The summed E-state index contributed by atoms with van der Waals surface area (Å²) in [7, 11) is 0. The molecule has 1 N–H and O–H groups in total. The van der Waals surface area contributed by atoms with Gasteiger partial charge in [-0.1, -0.05) is 67.8 Å². The van der Waals surface area contributed by atoms with Gasteiger partial charge in [0, 0.05) is 11.9 Å². The molecule has 4 heteroatoms. The number of hydrogen-bond acceptors (Lipinski definition) is 2. The average molecular weight is 374 g/mol. The summed E-state index contributed by atoms with van der Waals surface area (Å²) in [6.07, 6.45) is 8.51. The zero-order chi connectivity index (χ0) is 19.0. The Balaban J connectivity index is 1.43. The molecular weight excluding hydrogens is 346 g/mol. The van der Waals surface area contributed by atoms with Gasteiger partial charge < -0.3 is 5.32 Å². The molecule has 0 bridgehead atoms. The average Bonchev–Trinajstić information content (AvgIpc) is 3.44. The van der Waals surface area contributed by atoms with E-state index in [4.69, 9.17) is 5.10 Å². The van der Waals surface area contributed by atoms with Crippen LogP contribution in [0.25, 0.3) is 10.9 Å². The van der Waals surface area contributed by atoms with Crippen LogP contribution in [0.2, 0.25) is 0 Å². The van der Waals surface area contributed by atoms with Gasteiger partial charge in [0.05, 0.1) is 11.1 Å². The van der Waals surface area contributed by atoms with Gasteiger partial charge in [0.2, 0.25) is 0 Å². The number of carbonyl (C=O) groups excluding carboxylic acids is 1. The standard InChI is InChI=1S/C24H27N3O/c28-23(25-24(15-16-24)19-11-5-2-6-12-19)22-20-13-7-8-14-21(20)27(26-22)17-18-9-3-1-4-10-18/h2,5-8,11-14,18H,1,3-4,9-10,15-17H2,(H,25,28). The van der Waals surface area contributed by atoms with E-state index in [9.17, 15) is 4.79 Å². The zero-order valence-electron chi connectivity index (χ0n) is 16.2. The maximum absolute atomic E-state index is 13.2. The number of carbonyl (C=O) groups is 1. The summed E-state index contributed by atoms with van der Waals surface area (Å²) >= 11 is 0. The summed E-state index contributed by atoms with van der Waals surface area (Å²) in [6.45, 7) is 0.914. The lowest BCUT2D eigenvalue weighted by molar-refractivity contribution is 0.0926. The molecule has 0 spiro atoms. The number of para-hydroxylation sites is 1. The molecule has 1 amide bonds. The van der Waals surface area contributed by atoms with Crippen molar-refractivity contribution in [3.63, 3.8) is 0 Å². The monoisotopic (exact) mass is 373 g/mol. The third-order valence-corrected chi connectivity index (χ3v) is 6.46. The predicted octanol–water partition coefficient (Wildman–Crippen LogP) is 5.04. The van der Waals surface area contributed by atoms with Crippen LogP contribution in [-0.2, 0) is 12.1 Å². The number of rotatable bonds is 5. The summed E-state index contributed by atoms with van der Waals surface area (Å²) in [6, 6.07) is 18.4. The van der Waals surface area contributed by atoms with Crippen LogP contribution in [0.5, 0.6) is 0 Å². The van der Waals surface area contributed by atoms with E-state index in [1.165, 1.54) is 37.7 Å². The molecule has 4 nitrogen and oxygen atoms in total. The number of nitrogens with zero attached hydrogens (tertiary/aromatic N) is 2. The molecule has 2 aliphatic rings. The van der Waals surface area contributed by atoms with Crippen molar-refractivity contribution < 1.29 is 4.79 Å². The van der Waals surface area contributed by atoms with E-state index in [1.54, 1.807) is 0 Å². The minimum Gasteiger partial charge on any atom is -0.341 e. The fourth-order valence-electron chi connectivity index (χ4n) is 4.69. The first-order valence-corrected chi connectivity index (χ1v) is 10.6. The number of benzene rings is 2. The molecule has 0 unspecified atom stereocenters. The van der Waals surface area contributed by atoms with Crippen molar-refractivity contribution in [3.8, 4) is 0 Å². The topological polar surface area (TPSA) is 46.9 Å². The molecule has 144 valence electrons. The fraction of sp³-hybridized carbons (Fsp3) is 0.417. The molecule has 2 fully saturated rings. The SMILES string of the molecule is O=C(NC1(c2ccccc2)CC1)c1nn(CC2CCCCC2)c2ccccc12. The Morgan fingerprint density at radius 1 is 1.00 bits per heavy atom. The van der Waals surface area contributed by atoms with Gasteiger partial charge in [0.25, 0.3) is 5.91 Å². The number of nitrogens with one attached hydrogen (secondary N) is 1. The van der Waals surface area contributed by atoms with Gasteiger partial charge in [0.1, 0.15) is 0 Å². The van der Waals surface area contributed by atoms with Crippen LogP contribution in [0.15, 0.2) is 54.6 Å². The van der Waals surface area contributed by atoms with Crippen LogP contribution >= 0.6 is 0 Å². The lowest BCUT2D eigenvalue weighted by Crippen LogP contribution is -2.35. The Hall–Kier alpha value is -2.62. The second-order valence-corrected chi connectivity index (χ2v) is 8.45. The largest absolute Gasteiger partial charge is 0.341 e. The zero-order valence-corrected chi connectivity index (χ0v) is 16.2. The highest BCUT2D eigenvalue weighted by molar-refractivity contribution is 6.05. The molecule has 0 radical (unpaired) electrons. The van der Waals surface area contributed by atoms with E-state index in [1.807, 2.05) is 36.4 Å². The lowest BCUT2D eigenvalue weighted by atomic mass is 9.89. The Morgan fingerprint density at radius 3 is 2.46 bits per heavy atom. The van der Waals surface area contributed by atoms with E-state index in [0.717, 1.165) is 30.3 Å².